The summed E-state index contributed by atoms with van der Waals surface area (Å²) < 4.78 is 7.28. The SMILES string of the molecule is Nc1ncnc2c1nc(SCc1ccccc1)n2[C@@H]1O[C@H](CO)C(O)C1O. The van der Waals surface area contributed by atoms with E-state index in [1.165, 1.54) is 18.1 Å². The Morgan fingerprint density at radius 3 is 2.63 bits per heavy atom. The summed E-state index contributed by atoms with van der Waals surface area (Å²) in [6.07, 6.45) is -3.00. The molecule has 2 unspecified atom stereocenters. The zero-order valence-corrected chi connectivity index (χ0v) is 15.0. The van der Waals surface area contributed by atoms with Gasteiger partial charge in [0.25, 0.3) is 0 Å². The largest absolute Gasteiger partial charge is 0.394 e. The Bertz CT molecular complexity index is 938. The number of nitrogens with two attached hydrogens (primary N) is 1. The molecule has 5 N–H and O–H groups in total. The molecule has 3 aromatic rings. The molecule has 142 valence electrons. The second-order valence-electron chi connectivity index (χ2n) is 6.20. The van der Waals surface area contributed by atoms with E-state index < -0.39 is 31.1 Å². The number of hydrogen-bond acceptors (Lipinski definition) is 9. The van der Waals surface area contributed by atoms with E-state index in [-0.39, 0.29) is 5.82 Å². The van der Waals surface area contributed by atoms with Crippen LogP contribution < -0.4 is 5.73 Å². The number of hydrogen-bond donors (Lipinski definition) is 4. The van der Waals surface area contributed by atoms with Gasteiger partial charge in [-0.3, -0.25) is 4.57 Å². The summed E-state index contributed by atoms with van der Waals surface area (Å²) in [7, 11) is 0. The molecule has 0 aliphatic carbocycles. The van der Waals surface area contributed by atoms with E-state index >= 15 is 0 Å². The van der Waals surface area contributed by atoms with Crippen LogP contribution in [0.3, 0.4) is 0 Å². The highest BCUT2D eigenvalue weighted by atomic mass is 32.2. The molecule has 1 aliphatic rings. The first-order valence-corrected chi connectivity index (χ1v) is 9.36. The topological polar surface area (TPSA) is 140 Å². The van der Waals surface area contributed by atoms with Crippen LogP contribution in [-0.2, 0) is 10.5 Å². The fourth-order valence-electron chi connectivity index (χ4n) is 3.05. The second-order valence-corrected chi connectivity index (χ2v) is 7.14. The van der Waals surface area contributed by atoms with E-state index in [4.69, 9.17) is 10.5 Å². The number of benzene rings is 1. The first-order valence-electron chi connectivity index (χ1n) is 8.37. The Morgan fingerprint density at radius 2 is 1.93 bits per heavy atom. The Kier molecular flexibility index (Phi) is 4.98. The highest BCUT2D eigenvalue weighted by Crippen LogP contribution is 2.37. The smallest absolute Gasteiger partial charge is 0.172 e. The number of imidazole rings is 1. The molecule has 1 aromatic carbocycles. The van der Waals surface area contributed by atoms with Crippen LogP contribution in [0.2, 0.25) is 0 Å². The third-order valence-electron chi connectivity index (χ3n) is 4.46. The van der Waals surface area contributed by atoms with Crippen LogP contribution in [0.15, 0.2) is 41.8 Å². The third-order valence-corrected chi connectivity index (χ3v) is 5.48. The maximum absolute atomic E-state index is 10.5. The number of anilines is 1. The van der Waals surface area contributed by atoms with Crippen LogP contribution in [0.5, 0.6) is 0 Å². The minimum atomic E-state index is -1.24. The predicted octanol–water partition coefficient (Wildman–Crippen LogP) is 0.312. The molecule has 10 heteroatoms. The van der Waals surface area contributed by atoms with Gasteiger partial charge in [0.1, 0.15) is 24.6 Å². The van der Waals surface area contributed by atoms with Gasteiger partial charge in [-0.05, 0) is 5.56 Å². The summed E-state index contributed by atoms with van der Waals surface area (Å²) in [6.45, 7) is -0.412. The molecular weight excluding hydrogens is 370 g/mol. The Hall–Kier alpha value is -2.24. The first kappa shape index (κ1) is 18.1. The number of aromatic nitrogens is 4. The van der Waals surface area contributed by atoms with Crippen LogP contribution in [0, 0.1) is 0 Å². The monoisotopic (exact) mass is 389 g/mol. The summed E-state index contributed by atoms with van der Waals surface area (Å²) in [5.41, 5.74) is 7.82. The maximum atomic E-state index is 10.5. The van der Waals surface area contributed by atoms with Crippen molar-refractivity contribution >= 4 is 28.7 Å². The van der Waals surface area contributed by atoms with Gasteiger partial charge in [0, 0.05) is 5.75 Å². The van der Waals surface area contributed by atoms with Crippen molar-refractivity contribution in [2.24, 2.45) is 0 Å². The molecule has 1 saturated heterocycles. The quantitative estimate of drug-likeness (QED) is 0.454. The van der Waals surface area contributed by atoms with E-state index in [1.807, 2.05) is 30.3 Å². The summed E-state index contributed by atoms with van der Waals surface area (Å²) in [5.74, 6) is 0.846. The number of rotatable bonds is 5. The summed E-state index contributed by atoms with van der Waals surface area (Å²) in [5, 5.41) is 30.5. The zero-order chi connectivity index (χ0) is 19.0. The number of nitrogen functional groups attached to an aromatic ring is 1. The number of nitrogens with zero attached hydrogens (tertiary/aromatic N) is 4. The molecule has 27 heavy (non-hydrogen) atoms. The van der Waals surface area contributed by atoms with Gasteiger partial charge >= 0.3 is 0 Å². The van der Waals surface area contributed by atoms with Crippen LogP contribution in [0.25, 0.3) is 11.2 Å². The molecule has 0 spiro atoms. The number of aliphatic hydroxyl groups is 3. The molecule has 2 aromatic heterocycles. The number of thioether (sulfide) groups is 1. The van der Waals surface area contributed by atoms with E-state index in [0.29, 0.717) is 22.1 Å². The average Bonchev–Trinajstić information content (AvgIpc) is 3.19. The summed E-state index contributed by atoms with van der Waals surface area (Å²) in [4.78, 5) is 12.7. The second kappa shape index (κ2) is 7.41. The summed E-state index contributed by atoms with van der Waals surface area (Å²) in [6, 6.07) is 9.85. The van der Waals surface area contributed by atoms with Crippen molar-refractivity contribution in [3.05, 3.63) is 42.2 Å². The molecule has 0 radical (unpaired) electrons. The van der Waals surface area contributed by atoms with Crippen molar-refractivity contribution in [1.29, 1.82) is 0 Å². The summed E-state index contributed by atoms with van der Waals surface area (Å²) >= 11 is 1.43. The molecule has 4 atom stereocenters. The van der Waals surface area contributed by atoms with E-state index in [2.05, 4.69) is 15.0 Å². The molecule has 0 saturated carbocycles. The average molecular weight is 389 g/mol. The lowest BCUT2D eigenvalue weighted by molar-refractivity contribution is -0.0548. The van der Waals surface area contributed by atoms with Crippen LogP contribution in [0.4, 0.5) is 5.82 Å². The van der Waals surface area contributed by atoms with Gasteiger partial charge in [-0.1, -0.05) is 42.1 Å². The molecule has 4 rings (SSSR count). The fraction of sp³-hybridized carbons (Fsp3) is 0.353. The Labute approximate surface area is 158 Å². The van der Waals surface area contributed by atoms with Crippen molar-refractivity contribution in [2.75, 3.05) is 12.3 Å². The lowest BCUT2D eigenvalue weighted by Crippen LogP contribution is -2.33. The van der Waals surface area contributed by atoms with Crippen molar-refractivity contribution in [3.63, 3.8) is 0 Å². The van der Waals surface area contributed by atoms with Crippen molar-refractivity contribution in [2.45, 2.75) is 35.4 Å². The van der Waals surface area contributed by atoms with Crippen LogP contribution in [-0.4, -0.2) is 59.8 Å². The van der Waals surface area contributed by atoms with Crippen LogP contribution in [0.1, 0.15) is 11.8 Å². The lowest BCUT2D eigenvalue weighted by Gasteiger charge is -2.19. The van der Waals surface area contributed by atoms with Crippen molar-refractivity contribution in [3.8, 4) is 0 Å². The van der Waals surface area contributed by atoms with Gasteiger partial charge in [-0.25, -0.2) is 15.0 Å². The number of ether oxygens (including phenoxy) is 1. The minimum Gasteiger partial charge on any atom is -0.394 e. The molecule has 1 fully saturated rings. The fourth-order valence-corrected chi connectivity index (χ4v) is 4.03. The molecule has 1 aliphatic heterocycles. The number of aliphatic hydroxyl groups excluding tert-OH is 3. The molecule has 9 nitrogen and oxygen atoms in total. The molecule has 0 bridgehead atoms. The lowest BCUT2D eigenvalue weighted by atomic mass is 10.1. The maximum Gasteiger partial charge on any atom is 0.172 e. The van der Waals surface area contributed by atoms with Gasteiger partial charge in [-0.15, -0.1) is 0 Å². The Morgan fingerprint density at radius 1 is 1.15 bits per heavy atom. The van der Waals surface area contributed by atoms with Gasteiger partial charge in [0.2, 0.25) is 0 Å². The van der Waals surface area contributed by atoms with Gasteiger partial charge in [0.05, 0.1) is 6.61 Å². The van der Waals surface area contributed by atoms with Crippen molar-refractivity contribution in [1.82, 2.24) is 19.5 Å². The standard InChI is InChI=1S/C17H19N5O4S/c18-14-11-15(20-8-19-14)22(16-13(25)12(24)10(6-23)26-16)17(21-11)27-7-9-4-2-1-3-5-9/h1-5,8,10,12-13,16,23-25H,6-7H2,(H2,18,19,20)/t10-,12?,13?,16-/m1/s1. The highest BCUT2D eigenvalue weighted by Gasteiger charge is 2.45. The minimum absolute atomic E-state index is 0.215. The van der Waals surface area contributed by atoms with Gasteiger partial charge in [0.15, 0.2) is 28.4 Å². The van der Waals surface area contributed by atoms with E-state index in [9.17, 15) is 15.3 Å². The van der Waals surface area contributed by atoms with Gasteiger partial charge in [-0.2, -0.15) is 0 Å². The molecular formula is C17H19N5O4S. The first-order chi connectivity index (χ1) is 13.1. The number of fused-ring (bicyclic) bond motifs is 1. The third kappa shape index (κ3) is 3.26. The highest BCUT2D eigenvalue weighted by molar-refractivity contribution is 7.98. The molecule has 0 amide bonds. The zero-order valence-electron chi connectivity index (χ0n) is 14.2. The van der Waals surface area contributed by atoms with Crippen LogP contribution >= 0.6 is 11.8 Å². The van der Waals surface area contributed by atoms with E-state index in [1.54, 1.807) is 4.57 Å². The normalized spacial score (nSPS) is 25.3. The van der Waals surface area contributed by atoms with Crippen molar-refractivity contribution < 1.29 is 20.1 Å². The predicted molar refractivity (Wildman–Crippen MR) is 98.7 cm³/mol. The van der Waals surface area contributed by atoms with E-state index in [0.717, 1.165) is 5.56 Å². The Balaban J connectivity index is 1.74. The van der Waals surface area contributed by atoms with Gasteiger partial charge < -0.3 is 25.8 Å². The molecule has 3 heterocycles.